The molecule has 0 aliphatic carbocycles. The van der Waals surface area contributed by atoms with Gasteiger partial charge < -0.3 is 9.84 Å². The van der Waals surface area contributed by atoms with Crippen molar-refractivity contribution in [2.24, 2.45) is 0 Å². The van der Waals surface area contributed by atoms with Crippen LogP contribution in [0.1, 0.15) is 30.2 Å². The number of nitrogens with zero attached hydrogens (tertiary/aromatic N) is 2. The summed E-state index contributed by atoms with van der Waals surface area (Å²) < 4.78 is 6.12. The lowest BCUT2D eigenvalue weighted by atomic mass is 10.1. The maximum absolute atomic E-state index is 5.04. The van der Waals surface area contributed by atoms with Gasteiger partial charge in [-0.1, -0.05) is 33.2 Å². The second-order valence-corrected chi connectivity index (χ2v) is 4.81. The zero-order valence-electron chi connectivity index (χ0n) is 9.77. The molecule has 0 saturated carbocycles. The first-order chi connectivity index (χ1) is 8.15. The molecule has 5 heteroatoms. The molecule has 1 unspecified atom stereocenters. The Labute approximate surface area is 109 Å². The normalized spacial score (nSPS) is 12.6. The quantitative estimate of drug-likeness (QED) is 0.942. The minimum atomic E-state index is 0.236. The van der Waals surface area contributed by atoms with Gasteiger partial charge in [-0.25, -0.2) is 0 Å². The van der Waals surface area contributed by atoms with Crippen molar-refractivity contribution < 1.29 is 4.52 Å². The molecular formula is C12H14BrN3O. The molecule has 1 aromatic carbocycles. The molecule has 2 aromatic rings. The van der Waals surface area contributed by atoms with Gasteiger partial charge in [0.2, 0.25) is 5.89 Å². The fourth-order valence-corrected chi connectivity index (χ4v) is 1.96. The number of hydrogen-bond acceptors (Lipinski definition) is 4. The van der Waals surface area contributed by atoms with Gasteiger partial charge in [-0.05, 0) is 31.5 Å². The van der Waals surface area contributed by atoms with E-state index in [2.05, 4.69) is 50.4 Å². The zero-order valence-corrected chi connectivity index (χ0v) is 11.4. The van der Waals surface area contributed by atoms with Crippen molar-refractivity contribution >= 4 is 15.9 Å². The predicted molar refractivity (Wildman–Crippen MR) is 68.4 cm³/mol. The van der Waals surface area contributed by atoms with Gasteiger partial charge in [-0.15, -0.1) is 0 Å². The van der Waals surface area contributed by atoms with E-state index in [9.17, 15) is 0 Å². The summed E-state index contributed by atoms with van der Waals surface area (Å²) in [5, 5.41) is 7.09. The minimum absolute atomic E-state index is 0.236. The molecule has 1 N–H and O–H groups in total. The highest BCUT2D eigenvalue weighted by Gasteiger charge is 2.08. The van der Waals surface area contributed by atoms with Crippen LogP contribution >= 0.6 is 15.9 Å². The third-order valence-electron chi connectivity index (χ3n) is 2.48. The highest BCUT2D eigenvalue weighted by atomic mass is 79.9. The van der Waals surface area contributed by atoms with Crippen molar-refractivity contribution in [1.29, 1.82) is 0 Å². The second kappa shape index (κ2) is 5.42. The van der Waals surface area contributed by atoms with E-state index in [1.165, 1.54) is 5.56 Å². The average molecular weight is 296 g/mol. The van der Waals surface area contributed by atoms with E-state index < -0.39 is 0 Å². The van der Waals surface area contributed by atoms with E-state index in [1.54, 1.807) is 0 Å². The van der Waals surface area contributed by atoms with Gasteiger partial charge in [-0.3, -0.25) is 0 Å². The molecule has 17 heavy (non-hydrogen) atoms. The van der Waals surface area contributed by atoms with Gasteiger partial charge in [0.15, 0.2) is 5.82 Å². The maximum Gasteiger partial charge on any atom is 0.240 e. The number of hydrogen-bond donors (Lipinski definition) is 1. The molecule has 0 amide bonds. The third kappa shape index (κ3) is 3.38. The van der Waals surface area contributed by atoms with Crippen LogP contribution in [0.3, 0.4) is 0 Å². The van der Waals surface area contributed by atoms with Crippen LogP contribution in [0.25, 0.3) is 0 Å². The monoisotopic (exact) mass is 295 g/mol. The summed E-state index contributed by atoms with van der Waals surface area (Å²) in [5.74, 6) is 1.28. The first-order valence-corrected chi connectivity index (χ1v) is 6.22. The molecule has 1 atom stereocenters. The lowest BCUT2D eigenvalue weighted by Gasteiger charge is -2.12. The molecule has 1 aromatic heterocycles. The smallest absolute Gasteiger partial charge is 0.240 e. The Morgan fingerprint density at radius 1 is 1.47 bits per heavy atom. The van der Waals surface area contributed by atoms with E-state index in [-0.39, 0.29) is 6.04 Å². The van der Waals surface area contributed by atoms with E-state index in [1.807, 2.05) is 19.1 Å². The fraction of sp³-hybridized carbons (Fsp3) is 0.333. The van der Waals surface area contributed by atoms with Crippen LogP contribution < -0.4 is 5.32 Å². The lowest BCUT2D eigenvalue weighted by molar-refractivity contribution is 0.357. The van der Waals surface area contributed by atoms with Crippen LogP contribution in [-0.4, -0.2) is 10.1 Å². The second-order valence-electron chi connectivity index (χ2n) is 3.89. The summed E-state index contributed by atoms with van der Waals surface area (Å²) in [4.78, 5) is 4.14. The van der Waals surface area contributed by atoms with Crippen molar-refractivity contribution in [3.8, 4) is 0 Å². The Morgan fingerprint density at radius 2 is 2.29 bits per heavy atom. The van der Waals surface area contributed by atoms with Crippen molar-refractivity contribution in [3.63, 3.8) is 0 Å². The van der Waals surface area contributed by atoms with Crippen LogP contribution in [0.4, 0.5) is 0 Å². The Hall–Kier alpha value is -1.20. The molecule has 0 aliphatic heterocycles. The third-order valence-corrected chi connectivity index (χ3v) is 2.97. The zero-order chi connectivity index (χ0) is 12.3. The van der Waals surface area contributed by atoms with E-state index in [4.69, 9.17) is 4.52 Å². The fourth-order valence-electron chi connectivity index (χ4n) is 1.55. The molecule has 2 rings (SSSR count). The van der Waals surface area contributed by atoms with Gasteiger partial charge in [0.1, 0.15) is 0 Å². The molecule has 0 saturated heterocycles. The Bertz CT molecular complexity index is 498. The van der Waals surface area contributed by atoms with Crippen molar-refractivity contribution in [1.82, 2.24) is 15.5 Å². The van der Waals surface area contributed by atoms with Crippen molar-refractivity contribution in [3.05, 3.63) is 46.0 Å². The topological polar surface area (TPSA) is 51.0 Å². The summed E-state index contributed by atoms with van der Waals surface area (Å²) >= 11 is 3.46. The molecule has 0 spiro atoms. The number of rotatable bonds is 4. The van der Waals surface area contributed by atoms with Gasteiger partial charge in [0, 0.05) is 10.5 Å². The first-order valence-electron chi connectivity index (χ1n) is 5.43. The molecule has 0 aliphatic rings. The maximum atomic E-state index is 5.04. The van der Waals surface area contributed by atoms with Gasteiger partial charge in [0.25, 0.3) is 0 Å². The lowest BCUT2D eigenvalue weighted by Crippen LogP contribution is -2.18. The number of halogens is 1. The van der Waals surface area contributed by atoms with Crippen LogP contribution in [-0.2, 0) is 6.54 Å². The minimum Gasteiger partial charge on any atom is -0.338 e. The molecule has 0 bridgehead atoms. The van der Waals surface area contributed by atoms with E-state index in [0.717, 1.165) is 4.47 Å². The summed E-state index contributed by atoms with van der Waals surface area (Å²) in [6.07, 6.45) is 0. The first kappa shape index (κ1) is 12.3. The highest BCUT2D eigenvalue weighted by Crippen LogP contribution is 2.18. The van der Waals surface area contributed by atoms with E-state index in [0.29, 0.717) is 18.3 Å². The van der Waals surface area contributed by atoms with Crippen molar-refractivity contribution in [2.45, 2.75) is 26.4 Å². The van der Waals surface area contributed by atoms with Gasteiger partial charge in [-0.2, -0.15) is 4.98 Å². The Kier molecular flexibility index (Phi) is 3.91. The van der Waals surface area contributed by atoms with Crippen LogP contribution in [0.15, 0.2) is 33.3 Å². The summed E-state index contributed by atoms with van der Waals surface area (Å²) in [6, 6.07) is 8.45. The number of aromatic nitrogens is 2. The summed E-state index contributed by atoms with van der Waals surface area (Å²) in [7, 11) is 0. The molecule has 0 radical (unpaired) electrons. The van der Waals surface area contributed by atoms with Crippen LogP contribution in [0, 0.1) is 6.92 Å². The Balaban J connectivity index is 1.95. The Morgan fingerprint density at radius 3 is 2.94 bits per heavy atom. The molecule has 0 fully saturated rings. The van der Waals surface area contributed by atoms with Crippen LogP contribution in [0.5, 0.6) is 0 Å². The van der Waals surface area contributed by atoms with Gasteiger partial charge in [0.05, 0.1) is 6.54 Å². The highest BCUT2D eigenvalue weighted by molar-refractivity contribution is 9.10. The van der Waals surface area contributed by atoms with E-state index >= 15 is 0 Å². The molecule has 1 heterocycles. The molecule has 4 nitrogen and oxygen atoms in total. The number of nitrogens with one attached hydrogen (secondary N) is 1. The molecular weight excluding hydrogens is 282 g/mol. The average Bonchev–Trinajstić information content (AvgIpc) is 2.72. The predicted octanol–water partition coefficient (Wildman–Crippen LogP) is 2.99. The number of aryl methyl sites for hydroxylation is 1. The summed E-state index contributed by atoms with van der Waals surface area (Å²) in [5.41, 5.74) is 1.22. The summed E-state index contributed by atoms with van der Waals surface area (Å²) in [6.45, 7) is 4.49. The largest absolute Gasteiger partial charge is 0.338 e. The SMILES string of the molecule is Cc1noc(CNC(C)c2cccc(Br)c2)n1. The standard InChI is InChI=1S/C12H14BrN3O/c1-8(10-4-3-5-11(13)6-10)14-7-12-15-9(2)16-17-12/h3-6,8,14H,7H2,1-2H3. The van der Waals surface area contributed by atoms with Gasteiger partial charge >= 0.3 is 0 Å². The van der Waals surface area contributed by atoms with Crippen LogP contribution in [0.2, 0.25) is 0 Å². The molecule has 90 valence electrons. The van der Waals surface area contributed by atoms with Crippen molar-refractivity contribution in [2.75, 3.05) is 0 Å². The number of benzene rings is 1.